The first-order valence-electron chi connectivity index (χ1n) is 21.2. The monoisotopic (exact) mass is 1170 g/mol. The Morgan fingerprint density at radius 1 is 0.795 bits per heavy atom. The normalized spacial score (nSPS) is 12.6. The number of phenols is 1. The van der Waals surface area contributed by atoms with Crippen molar-refractivity contribution in [2.45, 2.75) is 35.2 Å². The molecule has 0 saturated carbocycles. The lowest BCUT2D eigenvalue weighted by Crippen LogP contribution is -2.28. The van der Waals surface area contributed by atoms with E-state index in [1.54, 1.807) is 49.4 Å². The zero-order valence-electron chi connectivity index (χ0n) is 39.4. The SMILES string of the molecule is Cc1ccc(C=O)c(N=N/C(=N\Nc2cc(S(=O)(=O)O)cc(Nc3nc(Cl)nc(NCn4c(O)c(C(N)=O)c(C)c(N=Nc5ccc6cc(S(=O)(=O)COS(=O)(=O)O)ccc6c5S(=O)(=O)O)c4=O)n3)c2O)c2ccccc2)c1. The number of azo groups is 2. The fourth-order valence-electron chi connectivity index (χ4n) is 6.95. The average Bonchev–Trinajstić information content (AvgIpc) is 3.37. The first-order chi connectivity index (χ1) is 36.5. The third-order valence-electron chi connectivity index (χ3n) is 10.6. The molecule has 1 amide bonds. The molecule has 0 aliphatic rings. The summed E-state index contributed by atoms with van der Waals surface area (Å²) in [5, 5.41) is 46.7. The van der Waals surface area contributed by atoms with Crippen LogP contribution in [0.1, 0.15) is 37.4 Å². The predicted molar refractivity (Wildman–Crippen MR) is 276 cm³/mol. The number of phenolic OH excluding ortho intramolecular Hbond substituents is 1. The number of aryl methyl sites for hydroxylation is 1. The van der Waals surface area contributed by atoms with E-state index < -0.39 is 136 Å². The number of carbonyl (C=O) groups excluding carboxylic acids is 2. The maximum Gasteiger partial charge on any atom is 0.398 e. The summed E-state index contributed by atoms with van der Waals surface area (Å²) in [4.78, 5) is 47.9. The topological polar surface area (TPSA) is 466 Å². The fourth-order valence-corrected chi connectivity index (χ4v) is 10.2. The Morgan fingerprint density at radius 2 is 1.49 bits per heavy atom. The highest BCUT2D eigenvalue weighted by atomic mass is 35.5. The molecular formula is C43H36ClN13O17S4. The molecule has 10 N–H and O–H groups in total. The number of aromatic hydroxyl groups is 2. The van der Waals surface area contributed by atoms with Crippen molar-refractivity contribution in [1.29, 1.82) is 0 Å². The summed E-state index contributed by atoms with van der Waals surface area (Å²) < 4.78 is 131. The Balaban J connectivity index is 1.20. The van der Waals surface area contributed by atoms with Gasteiger partial charge < -0.3 is 26.6 Å². The number of rotatable bonds is 19. The standard InChI is InChI=1S/C43H36ClN13O17S4/c1-21-8-9-25(18-58)30(14-21)52-55-38(23-6-4-3-5-7-23)56-53-32-17-27(76(65,66)67)16-31(35(32)59)47-43-49-41(44)48-42(50-43)46-19-57-39(61)33(37(45)60)22(2)34(40(57)62)54-51-29-13-10-24-15-26(75(63,64)20-74-78(71,72)73)11-12-28(24)36(29)77(68,69)70/h3-18,53,59,61H,19-20H2,1-2H3,(H2,45,60)(H,65,66,67)(H,68,69,70)(H,71,72,73)(H2,46,47,48,49,50)/b54-51?,55-52?,56-38-. The van der Waals surface area contributed by atoms with Gasteiger partial charge in [-0.25, -0.2) is 12.6 Å². The van der Waals surface area contributed by atoms with Gasteiger partial charge in [0.2, 0.25) is 38.7 Å². The number of hydrogen-bond donors (Lipinski definition) is 9. The third kappa shape index (κ3) is 13.3. The summed E-state index contributed by atoms with van der Waals surface area (Å²) >= 11 is 6.19. The molecule has 406 valence electrons. The van der Waals surface area contributed by atoms with Crippen LogP contribution < -0.4 is 27.4 Å². The zero-order chi connectivity index (χ0) is 57.1. The van der Waals surface area contributed by atoms with Crippen LogP contribution in [-0.4, -0.2) is 101 Å². The third-order valence-corrected chi connectivity index (χ3v) is 14.5. The smallest absolute Gasteiger partial charge is 0.398 e. The Morgan fingerprint density at radius 3 is 2.14 bits per heavy atom. The lowest BCUT2D eigenvalue weighted by Gasteiger charge is -2.16. The van der Waals surface area contributed by atoms with E-state index in [1.807, 2.05) is 0 Å². The van der Waals surface area contributed by atoms with Crippen molar-refractivity contribution in [2.24, 2.45) is 31.3 Å². The Bertz CT molecular complexity index is 4240. The summed E-state index contributed by atoms with van der Waals surface area (Å²) in [5.41, 5.74) is 4.96. The Kier molecular flexibility index (Phi) is 16.4. The van der Waals surface area contributed by atoms with E-state index in [1.165, 1.54) is 6.07 Å². The molecule has 2 aromatic heterocycles. The van der Waals surface area contributed by atoms with E-state index in [0.29, 0.717) is 16.4 Å². The van der Waals surface area contributed by atoms with Gasteiger partial charge in [0.25, 0.3) is 31.7 Å². The van der Waals surface area contributed by atoms with Gasteiger partial charge in [-0.05, 0) is 78.9 Å². The second-order valence-corrected chi connectivity index (χ2v) is 22.0. The molecule has 0 radical (unpaired) electrons. The van der Waals surface area contributed by atoms with Gasteiger partial charge in [-0.2, -0.15) is 45.3 Å². The highest BCUT2D eigenvalue weighted by molar-refractivity contribution is 7.92. The molecule has 30 nitrogen and oxygen atoms in total. The number of nitrogens with zero attached hydrogens (tertiary/aromatic N) is 9. The van der Waals surface area contributed by atoms with Crippen molar-refractivity contribution in [3.8, 4) is 11.6 Å². The molecule has 0 spiro atoms. The summed E-state index contributed by atoms with van der Waals surface area (Å²) in [6, 6.07) is 19.3. The maximum absolute atomic E-state index is 14.0. The van der Waals surface area contributed by atoms with E-state index in [2.05, 4.69) is 60.8 Å². The molecule has 78 heavy (non-hydrogen) atoms. The number of nitrogens with two attached hydrogens (primary N) is 1. The molecular weight excluding hydrogens is 1130 g/mol. The number of amidine groups is 1. The van der Waals surface area contributed by atoms with Gasteiger partial charge in [0.15, 0.2) is 23.7 Å². The molecule has 7 rings (SSSR count). The summed E-state index contributed by atoms with van der Waals surface area (Å²) in [6.07, 6.45) is 0.577. The highest BCUT2D eigenvalue weighted by Gasteiger charge is 2.27. The van der Waals surface area contributed by atoms with Crippen LogP contribution >= 0.6 is 11.6 Å². The molecule has 0 aliphatic heterocycles. The van der Waals surface area contributed by atoms with Crippen LogP contribution in [0.25, 0.3) is 10.8 Å². The van der Waals surface area contributed by atoms with Crippen LogP contribution in [0.5, 0.6) is 11.6 Å². The first-order valence-corrected chi connectivity index (χ1v) is 27.5. The molecule has 35 heteroatoms. The van der Waals surface area contributed by atoms with Crippen LogP contribution in [0.2, 0.25) is 5.28 Å². The van der Waals surface area contributed by atoms with Gasteiger partial charge in [0, 0.05) is 22.1 Å². The highest BCUT2D eigenvalue weighted by Crippen LogP contribution is 2.38. The molecule has 0 saturated heterocycles. The van der Waals surface area contributed by atoms with Crippen molar-refractivity contribution in [3.63, 3.8) is 0 Å². The number of halogens is 1. The molecule has 7 aromatic rings. The van der Waals surface area contributed by atoms with Crippen molar-refractivity contribution in [1.82, 2.24) is 19.5 Å². The number of anilines is 4. The quantitative estimate of drug-likeness (QED) is 0.00903. The number of hydrogen-bond acceptors (Lipinski definition) is 24. The van der Waals surface area contributed by atoms with E-state index in [9.17, 15) is 67.4 Å². The zero-order valence-corrected chi connectivity index (χ0v) is 43.4. The number of sulfone groups is 1. The van der Waals surface area contributed by atoms with E-state index in [0.717, 1.165) is 55.0 Å². The number of hydrazone groups is 1. The van der Waals surface area contributed by atoms with Gasteiger partial charge >= 0.3 is 10.4 Å². The molecule has 0 unspecified atom stereocenters. The lowest BCUT2D eigenvalue weighted by atomic mass is 10.1. The molecule has 0 atom stereocenters. The van der Waals surface area contributed by atoms with Crippen LogP contribution in [0.4, 0.5) is 40.3 Å². The number of primary amides is 1. The molecule has 2 heterocycles. The summed E-state index contributed by atoms with van der Waals surface area (Å²) in [5.74, 6) is -5.78. The number of aldehydes is 1. The Labute approximate surface area is 444 Å². The van der Waals surface area contributed by atoms with E-state index in [-0.39, 0.29) is 33.4 Å². The minimum absolute atomic E-state index is 0.125. The number of amides is 1. The van der Waals surface area contributed by atoms with Gasteiger partial charge in [-0.3, -0.25) is 38.0 Å². The molecule has 5 aromatic carbocycles. The average molecular weight is 1170 g/mol. The first kappa shape index (κ1) is 57.0. The number of fused-ring (bicyclic) bond motifs is 1. The van der Waals surface area contributed by atoms with Crippen molar-refractivity contribution in [2.75, 3.05) is 22.0 Å². The van der Waals surface area contributed by atoms with Gasteiger partial charge in [0.1, 0.15) is 28.5 Å². The maximum atomic E-state index is 14.0. The molecule has 0 fully saturated rings. The minimum atomic E-state index is -5.27. The number of nitrogens with one attached hydrogen (secondary N) is 3. The molecule has 0 bridgehead atoms. The second-order valence-electron chi connectivity index (χ2n) is 15.9. The van der Waals surface area contributed by atoms with Crippen LogP contribution in [0, 0.1) is 13.8 Å². The molecule has 0 aliphatic carbocycles. The van der Waals surface area contributed by atoms with Crippen molar-refractivity contribution >= 4 is 121 Å². The number of carbonyl (C=O) groups is 2. The number of aromatic nitrogens is 4. The number of benzene rings is 5. The summed E-state index contributed by atoms with van der Waals surface area (Å²) in [6.45, 7) is 2.04. The lowest BCUT2D eigenvalue weighted by molar-refractivity contribution is 0.0994. The van der Waals surface area contributed by atoms with Gasteiger partial charge in [-0.1, -0.05) is 48.5 Å². The summed E-state index contributed by atoms with van der Waals surface area (Å²) in [7, 11) is -20.0. The van der Waals surface area contributed by atoms with Crippen molar-refractivity contribution in [3.05, 3.63) is 134 Å². The van der Waals surface area contributed by atoms with Crippen LogP contribution in [-0.2, 0) is 51.3 Å². The van der Waals surface area contributed by atoms with Gasteiger partial charge in [0.05, 0.1) is 21.2 Å². The fraction of sp³-hybridized carbons (Fsp3) is 0.0930. The Hall–Kier alpha value is -8.74. The van der Waals surface area contributed by atoms with Crippen molar-refractivity contribution < 1.29 is 71.3 Å². The van der Waals surface area contributed by atoms with Crippen LogP contribution in [0.15, 0.2) is 136 Å². The van der Waals surface area contributed by atoms with Gasteiger partial charge in [-0.15, -0.1) is 20.5 Å². The number of pyridine rings is 1. The van der Waals surface area contributed by atoms with Crippen LogP contribution in [0.3, 0.4) is 0 Å². The van der Waals surface area contributed by atoms with E-state index >= 15 is 0 Å². The second kappa shape index (κ2) is 22.5. The van der Waals surface area contributed by atoms with E-state index in [4.69, 9.17) is 21.9 Å². The predicted octanol–water partition coefficient (Wildman–Crippen LogP) is 5.61. The minimum Gasteiger partial charge on any atom is -0.504 e. The largest absolute Gasteiger partial charge is 0.504 e.